The van der Waals surface area contributed by atoms with E-state index in [1.165, 1.54) is 16.9 Å². The summed E-state index contributed by atoms with van der Waals surface area (Å²) in [7, 11) is 0. The van der Waals surface area contributed by atoms with Crippen LogP contribution in [0.4, 0.5) is 11.4 Å². The Morgan fingerprint density at radius 3 is 1.75 bits per heavy atom. The van der Waals surface area contributed by atoms with Gasteiger partial charge in [-0.15, -0.1) is 0 Å². The summed E-state index contributed by atoms with van der Waals surface area (Å²) >= 11 is 0. The van der Waals surface area contributed by atoms with Crippen LogP contribution >= 0.6 is 0 Å². The molecule has 2 nitrogen and oxygen atoms in total. The molecule has 1 saturated heterocycles. The second-order valence-electron chi connectivity index (χ2n) is 6.36. The molecule has 2 heteroatoms. The normalized spacial score (nSPS) is 20.4. The maximum atomic E-state index is 2.53. The molecule has 120 valence electrons. The number of para-hydroxylation sites is 2. The molecule has 1 fully saturated rings. The fraction of sp³-hybridized carbons (Fsp3) is 0.182. The summed E-state index contributed by atoms with van der Waals surface area (Å²) in [5.74, 6) is 0. The number of anilines is 2. The van der Waals surface area contributed by atoms with Crippen LogP contribution in [-0.4, -0.2) is 12.6 Å². The molecule has 0 saturated carbocycles. The van der Waals surface area contributed by atoms with Crippen LogP contribution in [0.15, 0.2) is 91.0 Å². The van der Waals surface area contributed by atoms with Gasteiger partial charge in [0.1, 0.15) is 6.17 Å². The lowest BCUT2D eigenvalue weighted by Crippen LogP contribution is -2.32. The van der Waals surface area contributed by atoms with Crippen molar-refractivity contribution < 1.29 is 0 Å². The summed E-state index contributed by atoms with van der Waals surface area (Å²) in [5.41, 5.74) is 3.88. The molecular formula is C22H22N2. The second kappa shape index (κ2) is 6.40. The number of hydrogen-bond acceptors (Lipinski definition) is 2. The van der Waals surface area contributed by atoms with Crippen molar-refractivity contribution in [2.75, 3.05) is 16.3 Å². The fourth-order valence-corrected chi connectivity index (χ4v) is 3.69. The lowest BCUT2D eigenvalue weighted by Gasteiger charge is -2.34. The monoisotopic (exact) mass is 314 g/mol. The van der Waals surface area contributed by atoms with E-state index in [0.717, 1.165) is 6.54 Å². The molecule has 1 heterocycles. The van der Waals surface area contributed by atoms with Gasteiger partial charge >= 0.3 is 0 Å². The fourth-order valence-electron chi connectivity index (χ4n) is 3.69. The Labute approximate surface area is 144 Å². The van der Waals surface area contributed by atoms with E-state index in [-0.39, 0.29) is 6.17 Å². The first-order chi connectivity index (χ1) is 11.8. The van der Waals surface area contributed by atoms with Crippen molar-refractivity contribution in [2.24, 2.45) is 0 Å². The van der Waals surface area contributed by atoms with Gasteiger partial charge in [-0.1, -0.05) is 66.7 Å². The predicted molar refractivity (Wildman–Crippen MR) is 101 cm³/mol. The summed E-state index contributed by atoms with van der Waals surface area (Å²) in [6.45, 7) is 3.32. The summed E-state index contributed by atoms with van der Waals surface area (Å²) in [6, 6.07) is 32.7. The van der Waals surface area contributed by atoms with Crippen molar-refractivity contribution in [3.05, 3.63) is 96.6 Å². The van der Waals surface area contributed by atoms with Gasteiger partial charge in [0.05, 0.1) is 0 Å². The Hall–Kier alpha value is -2.74. The summed E-state index contributed by atoms with van der Waals surface area (Å²) in [6.07, 6.45) is 0.214. The van der Waals surface area contributed by atoms with Gasteiger partial charge in [0.2, 0.25) is 0 Å². The first-order valence-electron chi connectivity index (χ1n) is 8.54. The summed E-state index contributed by atoms with van der Waals surface area (Å²) in [5, 5.41) is 0. The molecule has 0 spiro atoms. The molecule has 4 rings (SSSR count). The van der Waals surface area contributed by atoms with Crippen LogP contribution in [0.1, 0.15) is 18.7 Å². The minimum atomic E-state index is 0.214. The molecular weight excluding hydrogens is 292 g/mol. The van der Waals surface area contributed by atoms with E-state index in [9.17, 15) is 0 Å². The molecule has 0 aromatic heterocycles. The minimum absolute atomic E-state index is 0.214. The van der Waals surface area contributed by atoms with Crippen molar-refractivity contribution in [1.29, 1.82) is 0 Å². The van der Waals surface area contributed by atoms with Crippen LogP contribution in [-0.2, 0) is 0 Å². The van der Waals surface area contributed by atoms with Gasteiger partial charge in [-0.25, -0.2) is 0 Å². The van der Waals surface area contributed by atoms with Crippen LogP contribution in [0.25, 0.3) is 0 Å². The van der Waals surface area contributed by atoms with Crippen molar-refractivity contribution in [2.45, 2.75) is 19.1 Å². The molecule has 0 amide bonds. The van der Waals surface area contributed by atoms with Gasteiger partial charge in [0.25, 0.3) is 0 Å². The van der Waals surface area contributed by atoms with Gasteiger partial charge in [0, 0.05) is 24.0 Å². The Bertz CT molecular complexity index is 771. The molecule has 3 aromatic rings. The third-order valence-electron chi connectivity index (χ3n) is 4.73. The molecule has 0 bridgehead atoms. The van der Waals surface area contributed by atoms with Crippen molar-refractivity contribution >= 4 is 11.4 Å². The zero-order valence-corrected chi connectivity index (χ0v) is 13.9. The van der Waals surface area contributed by atoms with Gasteiger partial charge < -0.3 is 9.80 Å². The number of hydrogen-bond donors (Lipinski definition) is 0. The van der Waals surface area contributed by atoms with Crippen LogP contribution < -0.4 is 9.80 Å². The van der Waals surface area contributed by atoms with Crippen LogP contribution in [0.5, 0.6) is 0 Å². The molecule has 0 N–H and O–H groups in total. The van der Waals surface area contributed by atoms with E-state index in [1.54, 1.807) is 0 Å². The zero-order chi connectivity index (χ0) is 16.4. The van der Waals surface area contributed by atoms with E-state index >= 15 is 0 Å². The SMILES string of the molecule is CC1CN(c2ccccc2)C(c2ccccc2)N1c1ccccc1. The topological polar surface area (TPSA) is 6.48 Å². The Morgan fingerprint density at radius 1 is 0.667 bits per heavy atom. The first-order valence-corrected chi connectivity index (χ1v) is 8.54. The standard InChI is InChI=1S/C22H22N2/c1-18-17-23(20-13-7-3-8-14-20)22(19-11-5-2-6-12-19)24(18)21-15-9-4-10-16-21/h2-16,18,22H,17H2,1H3. The van der Waals surface area contributed by atoms with Crippen LogP contribution in [0.3, 0.4) is 0 Å². The predicted octanol–water partition coefficient (Wildman–Crippen LogP) is 5.10. The first kappa shape index (κ1) is 14.8. The van der Waals surface area contributed by atoms with Crippen molar-refractivity contribution in [3.8, 4) is 0 Å². The third-order valence-corrected chi connectivity index (χ3v) is 4.73. The highest BCUT2D eigenvalue weighted by Gasteiger charge is 2.38. The van der Waals surface area contributed by atoms with Gasteiger partial charge in [-0.2, -0.15) is 0 Å². The van der Waals surface area contributed by atoms with E-state index in [2.05, 4.69) is 108 Å². The van der Waals surface area contributed by atoms with Crippen LogP contribution in [0.2, 0.25) is 0 Å². The Morgan fingerprint density at radius 2 is 1.17 bits per heavy atom. The maximum Gasteiger partial charge on any atom is 0.128 e. The zero-order valence-electron chi connectivity index (χ0n) is 13.9. The molecule has 0 radical (unpaired) electrons. The van der Waals surface area contributed by atoms with Gasteiger partial charge in [-0.05, 0) is 36.8 Å². The van der Waals surface area contributed by atoms with E-state index in [4.69, 9.17) is 0 Å². The average molecular weight is 314 g/mol. The van der Waals surface area contributed by atoms with Crippen molar-refractivity contribution in [3.63, 3.8) is 0 Å². The summed E-state index contributed by atoms with van der Waals surface area (Å²) < 4.78 is 0. The smallest absolute Gasteiger partial charge is 0.128 e. The molecule has 2 unspecified atom stereocenters. The molecule has 24 heavy (non-hydrogen) atoms. The Kier molecular flexibility index (Phi) is 3.96. The molecule has 1 aliphatic heterocycles. The van der Waals surface area contributed by atoms with Crippen molar-refractivity contribution in [1.82, 2.24) is 0 Å². The molecule has 2 atom stereocenters. The highest BCUT2D eigenvalue weighted by molar-refractivity contribution is 5.59. The maximum absolute atomic E-state index is 2.53. The number of nitrogens with zero attached hydrogens (tertiary/aromatic N) is 2. The van der Waals surface area contributed by atoms with Crippen LogP contribution in [0, 0.1) is 0 Å². The second-order valence-corrected chi connectivity index (χ2v) is 6.36. The highest BCUT2D eigenvalue weighted by atomic mass is 15.4. The van der Waals surface area contributed by atoms with E-state index in [0.29, 0.717) is 6.04 Å². The third kappa shape index (κ3) is 2.65. The molecule has 1 aliphatic rings. The minimum Gasteiger partial charge on any atom is -0.345 e. The highest BCUT2D eigenvalue weighted by Crippen LogP contribution is 2.40. The molecule has 3 aromatic carbocycles. The Balaban J connectivity index is 1.81. The lowest BCUT2D eigenvalue weighted by atomic mass is 10.1. The van der Waals surface area contributed by atoms with E-state index < -0.39 is 0 Å². The average Bonchev–Trinajstić information content (AvgIpc) is 3.01. The lowest BCUT2D eigenvalue weighted by molar-refractivity contribution is 0.682. The number of benzene rings is 3. The van der Waals surface area contributed by atoms with E-state index in [1.807, 2.05) is 0 Å². The van der Waals surface area contributed by atoms with Gasteiger partial charge in [-0.3, -0.25) is 0 Å². The number of rotatable bonds is 3. The quantitative estimate of drug-likeness (QED) is 0.663. The summed E-state index contributed by atoms with van der Waals surface area (Å²) in [4.78, 5) is 5.04. The molecule has 0 aliphatic carbocycles. The van der Waals surface area contributed by atoms with Gasteiger partial charge in [0.15, 0.2) is 0 Å². The largest absolute Gasteiger partial charge is 0.345 e.